The molecule has 0 fully saturated rings. The van der Waals surface area contributed by atoms with Gasteiger partial charge in [-0.3, -0.25) is 0 Å². The number of benzene rings is 2. The Hall–Kier alpha value is -1.61. The second-order valence-corrected chi connectivity index (χ2v) is 8.29. The van der Waals surface area contributed by atoms with Crippen molar-refractivity contribution in [3.05, 3.63) is 51.6 Å². The van der Waals surface area contributed by atoms with Crippen LogP contribution in [0.3, 0.4) is 0 Å². The van der Waals surface area contributed by atoms with Gasteiger partial charge in [-0.1, -0.05) is 32.0 Å². The van der Waals surface area contributed by atoms with Crippen molar-refractivity contribution in [2.45, 2.75) is 24.7 Å². The summed E-state index contributed by atoms with van der Waals surface area (Å²) in [6, 6.07) is 13.0. The summed E-state index contributed by atoms with van der Waals surface area (Å²) < 4.78 is 29.3. The lowest BCUT2D eigenvalue weighted by Gasteiger charge is -2.20. The summed E-state index contributed by atoms with van der Waals surface area (Å²) in [5.41, 5.74) is 2.53. The molecule has 0 radical (unpaired) electrons. The van der Waals surface area contributed by atoms with Gasteiger partial charge in [-0.15, -0.1) is 4.40 Å². The molecule has 0 aromatic heterocycles. The molecule has 0 amide bonds. The first kappa shape index (κ1) is 16.3. The fraction of sp³-hybridized carbons (Fsp3) is 0.188. The summed E-state index contributed by atoms with van der Waals surface area (Å²) in [7, 11) is -3.70. The van der Waals surface area contributed by atoms with Crippen LogP contribution >= 0.6 is 22.6 Å². The summed E-state index contributed by atoms with van der Waals surface area (Å²) in [6.07, 6.45) is 0. The first-order valence-electron chi connectivity index (χ1n) is 7.14. The minimum atomic E-state index is -3.70. The van der Waals surface area contributed by atoms with E-state index in [0.717, 1.165) is 9.26 Å². The second-order valence-electron chi connectivity index (χ2n) is 5.56. The van der Waals surface area contributed by atoms with Gasteiger partial charge in [-0.2, -0.15) is 8.42 Å². The molecule has 1 aliphatic rings. The first-order chi connectivity index (χ1) is 10.9. The monoisotopic (exact) mass is 441 g/mol. The number of hydrogen-bond donors (Lipinski definition) is 2. The van der Waals surface area contributed by atoms with Crippen LogP contribution in [0.4, 0.5) is 11.4 Å². The van der Waals surface area contributed by atoms with E-state index in [1.807, 2.05) is 30.3 Å². The smallest absolute Gasteiger partial charge is 0.287 e. The topological polar surface area (TPSA) is 70.6 Å². The molecule has 1 aliphatic heterocycles. The Morgan fingerprint density at radius 3 is 2.65 bits per heavy atom. The van der Waals surface area contributed by atoms with Gasteiger partial charge in [-0.05, 0) is 58.3 Å². The molecule has 0 saturated heterocycles. The highest BCUT2D eigenvalue weighted by molar-refractivity contribution is 14.1. The lowest BCUT2D eigenvalue weighted by atomic mass is 10.0. The Morgan fingerprint density at radius 2 is 1.91 bits per heavy atom. The van der Waals surface area contributed by atoms with Gasteiger partial charge in [0.1, 0.15) is 4.90 Å². The highest BCUT2D eigenvalue weighted by atomic mass is 127. The number of sulfonamides is 1. The van der Waals surface area contributed by atoms with Gasteiger partial charge in [0.25, 0.3) is 10.0 Å². The molecule has 0 atom stereocenters. The molecular formula is C16H16IN3O2S. The van der Waals surface area contributed by atoms with Crippen LogP contribution in [0, 0.1) is 3.57 Å². The maximum absolute atomic E-state index is 12.3. The molecule has 2 aromatic rings. The Labute approximate surface area is 149 Å². The van der Waals surface area contributed by atoms with E-state index in [2.05, 4.69) is 51.5 Å². The van der Waals surface area contributed by atoms with Gasteiger partial charge in [0, 0.05) is 9.26 Å². The van der Waals surface area contributed by atoms with Gasteiger partial charge in [-0.25, -0.2) is 0 Å². The molecule has 2 aromatic carbocycles. The van der Waals surface area contributed by atoms with Crippen molar-refractivity contribution in [3.8, 4) is 0 Å². The quantitative estimate of drug-likeness (QED) is 0.692. The predicted molar refractivity (Wildman–Crippen MR) is 102 cm³/mol. The Balaban J connectivity index is 1.95. The van der Waals surface area contributed by atoms with E-state index in [-0.39, 0.29) is 10.9 Å². The van der Waals surface area contributed by atoms with Gasteiger partial charge >= 0.3 is 0 Å². The van der Waals surface area contributed by atoms with Crippen molar-refractivity contribution >= 4 is 49.9 Å². The van der Waals surface area contributed by atoms with Gasteiger partial charge in [0.15, 0.2) is 0 Å². The number of rotatable bonds is 2. The van der Waals surface area contributed by atoms with E-state index in [0.29, 0.717) is 11.6 Å². The van der Waals surface area contributed by atoms with Gasteiger partial charge in [0.05, 0.1) is 5.69 Å². The fourth-order valence-electron chi connectivity index (χ4n) is 2.32. The highest BCUT2D eigenvalue weighted by Gasteiger charge is 2.26. The maximum atomic E-state index is 12.3. The molecule has 0 bridgehead atoms. The third kappa shape index (κ3) is 3.35. The summed E-state index contributed by atoms with van der Waals surface area (Å²) in [4.78, 5) is 0.200. The van der Waals surface area contributed by atoms with Gasteiger partial charge in [0.2, 0.25) is 5.96 Å². The lowest BCUT2D eigenvalue weighted by Crippen LogP contribution is -2.28. The van der Waals surface area contributed by atoms with Gasteiger partial charge < -0.3 is 10.6 Å². The standard InChI is InChI=1S/C16H16IN3O2S/c1-10(2)11-5-3-6-12(9-11)18-16-19-15-13(17)7-4-8-14(15)23(21,22)20-16/h3-10H,1-2H3,(H2,18,19,20). The molecule has 0 unspecified atom stereocenters. The zero-order valence-corrected chi connectivity index (χ0v) is 15.6. The molecule has 3 rings (SSSR count). The van der Waals surface area contributed by atoms with E-state index < -0.39 is 10.0 Å². The SMILES string of the molecule is CC(C)c1cccc(NC2=NS(=O)(=O)c3cccc(I)c3N2)c1. The molecule has 0 aliphatic carbocycles. The third-order valence-corrected chi connectivity index (χ3v) is 5.74. The Kier molecular flexibility index (Phi) is 4.33. The van der Waals surface area contributed by atoms with E-state index >= 15 is 0 Å². The van der Waals surface area contributed by atoms with Crippen LogP contribution in [0.5, 0.6) is 0 Å². The molecule has 2 N–H and O–H groups in total. The van der Waals surface area contributed by atoms with Crippen molar-refractivity contribution < 1.29 is 8.42 Å². The van der Waals surface area contributed by atoms with Crippen LogP contribution in [-0.2, 0) is 10.0 Å². The second kappa shape index (κ2) is 6.12. The largest absolute Gasteiger partial charge is 0.325 e. The number of nitrogens with zero attached hydrogens (tertiary/aromatic N) is 1. The summed E-state index contributed by atoms with van der Waals surface area (Å²) >= 11 is 2.11. The molecular weight excluding hydrogens is 425 g/mol. The van der Waals surface area contributed by atoms with Crippen LogP contribution in [0.15, 0.2) is 51.8 Å². The molecule has 7 heteroatoms. The fourth-order valence-corrected chi connectivity index (χ4v) is 4.23. The minimum absolute atomic E-state index is 0.200. The number of hydrogen-bond acceptors (Lipinski definition) is 4. The van der Waals surface area contributed by atoms with Crippen LogP contribution in [-0.4, -0.2) is 14.4 Å². The van der Waals surface area contributed by atoms with Crippen LogP contribution in [0.2, 0.25) is 0 Å². The molecule has 1 heterocycles. The van der Waals surface area contributed by atoms with E-state index in [1.165, 1.54) is 5.56 Å². The Morgan fingerprint density at radius 1 is 1.17 bits per heavy atom. The predicted octanol–water partition coefficient (Wildman–Crippen LogP) is 4.00. The molecule has 23 heavy (non-hydrogen) atoms. The average molecular weight is 441 g/mol. The molecule has 0 saturated carbocycles. The van der Waals surface area contributed by atoms with Crippen molar-refractivity contribution in [1.29, 1.82) is 0 Å². The van der Waals surface area contributed by atoms with Crippen LogP contribution in [0.1, 0.15) is 25.3 Å². The number of halogens is 1. The number of fused-ring (bicyclic) bond motifs is 1. The zero-order valence-electron chi connectivity index (χ0n) is 12.7. The van der Waals surface area contributed by atoms with Crippen LogP contribution in [0.25, 0.3) is 0 Å². The van der Waals surface area contributed by atoms with E-state index in [4.69, 9.17) is 0 Å². The summed E-state index contributed by atoms with van der Waals surface area (Å²) in [5.74, 6) is 0.603. The van der Waals surface area contributed by atoms with Crippen LogP contribution < -0.4 is 10.6 Å². The maximum Gasteiger partial charge on any atom is 0.287 e. The summed E-state index contributed by atoms with van der Waals surface area (Å²) in [6.45, 7) is 4.22. The van der Waals surface area contributed by atoms with Crippen molar-refractivity contribution in [1.82, 2.24) is 0 Å². The molecule has 5 nitrogen and oxygen atoms in total. The zero-order chi connectivity index (χ0) is 16.6. The van der Waals surface area contributed by atoms with E-state index in [1.54, 1.807) is 12.1 Å². The first-order valence-corrected chi connectivity index (χ1v) is 9.66. The highest BCUT2D eigenvalue weighted by Crippen LogP contribution is 2.31. The van der Waals surface area contributed by atoms with Crippen molar-refractivity contribution in [2.75, 3.05) is 10.6 Å². The minimum Gasteiger partial charge on any atom is -0.325 e. The lowest BCUT2D eigenvalue weighted by molar-refractivity contribution is 0.597. The molecule has 0 spiro atoms. The van der Waals surface area contributed by atoms with Crippen molar-refractivity contribution in [3.63, 3.8) is 0 Å². The number of guanidine groups is 1. The Bertz CT molecular complexity index is 892. The molecule has 120 valence electrons. The summed E-state index contributed by atoms with van der Waals surface area (Å²) in [5, 5.41) is 6.13. The third-order valence-electron chi connectivity index (χ3n) is 3.52. The van der Waals surface area contributed by atoms with Crippen molar-refractivity contribution in [2.24, 2.45) is 4.40 Å². The number of para-hydroxylation sites is 1. The number of nitrogens with one attached hydrogen (secondary N) is 2. The average Bonchev–Trinajstić information content (AvgIpc) is 2.48. The normalized spacial score (nSPS) is 15.6. The number of anilines is 2. The van der Waals surface area contributed by atoms with E-state index in [9.17, 15) is 8.42 Å².